The van der Waals surface area contributed by atoms with Gasteiger partial charge in [-0.1, -0.05) is 78.9 Å². The number of hydrogen-bond donors (Lipinski definition) is 2. The topological polar surface area (TPSA) is 113 Å². The summed E-state index contributed by atoms with van der Waals surface area (Å²) in [7, 11) is 0. The predicted octanol–water partition coefficient (Wildman–Crippen LogP) is 10.8. The van der Waals surface area contributed by atoms with Crippen LogP contribution in [0.3, 0.4) is 0 Å². The molecule has 1 aromatic heterocycles. The van der Waals surface area contributed by atoms with E-state index >= 15 is 0 Å². The Labute approximate surface area is 347 Å². The van der Waals surface area contributed by atoms with E-state index in [0.29, 0.717) is 33.9 Å². The van der Waals surface area contributed by atoms with Crippen LogP contribution in [0.4, 0.5) is 5.69 Å². The largest absolute Gasteiger partial charge is 0.304 e. The second kappa shape index (κ2) is 14.9. The van der Waals surface area contributed by atoms with Crippen LogP contribution >= 0.6 is 11.3 Å². The van der Waals surface area contributed by atoms with Gasteiger partial charge in [-0.05, 0) is 118 Å². The van der Waals surface area contributed by atoms with Crippen molar-refractivity contribution in [3.05, 3.63) is 161 Å². The molecule has 59 heavy (non-hydrogen) atoms. The van der Waals surface area contributed by atoms with E-state index in [0.717, 1.165) is 64.9 Å². The van der Waals surface area contributed by atoms with E-state index in [2.05, 4.69) is 72.8 Å². The molecule has 9 heteroatoms. The summed E-state index contributed by atoms with van der Waals surface area (Å²) in [5, 5.41) is 24.1. The Morgan fingerprint density at radius 3 is 2.12 bits per heavy atom. The highest BCUT2D eigenvalue weighted by atomic mass is 32.1. The number of hydrogen-bond acceptors (Lipinski definition) is 9. The summed E-state index contributed by atoms with van der Waals surface area (Å²) in [6.45, 7) is 12.1. The summed E-state index contributed by atoms with van der Waals surface area (Å²) in [4.78, 5) is 27.4. The third-order valence-electron chi connectivity index (χ3n) is 10.4. The van der Waals surface area contributed by atoms with Gasteiger partial charge in [-0.15, -0.1) is 11.3 Å². The summed E-state index contributed by atoms with van der Waals surface area (Å²) < 4.78 is 1.16. The first kappa shape index (κ1) is 37.8. The Morgan fingerprint density at radius 2 is 1.36 bits per heavy atom. The van der Waals surface area contributed by atoms with Crippen molar-refractivity contribution in [2.24, 2.45) is 20.0 Å². The molecule has 2 N–H and O–H groups in total. The summed E-state index contributed by atoms with van der Waals surface area (Å²) in [6, 6.07) is 35.4. The SMILES string of the molecule is CC(C)N=C1C=CC=C(N(C2=CC=C(c3ccc4ccccc4c3)C(=N)C2=NC(C)C)c2ccc(-c3ccc(-c4nc5ccccc5s4)cc3)c3c2=NC(C)(C)N=3)C1=N. The minimum Gasteiger partial charge on any atom is -0.304 e. The number of nitrogens with zero attached hydrogens (tertiary/aromatic N) is 6. The van der Waals surface area contributed by atoms with Gasteiger partial charge in [-0.3, -0.25) is 30.8 Å². The standard InChI is InChI=1S/C50H44N8S/c1-29(2)53-39-15-11-16-40(45(39)52)58(41-26-24-36(44(51)47(41)54-30(3)4)35-23-18-31-12-7-8-13-34(31)28-35)42-27-25-37(46-48(42)57-50(5,6)56-46)32-19-21-33(22-20-32)49-55-38-14-9-10-17-43(38)59-49/h7-30,51-52H,1-6H3. The molecule has 0 radical (unpaired) electrons. The van der Waals surface area contributed by atoms with Crippen LogP contribution < -0.4 is 15.6 Å². The minimum atomic E-state index is -0.732. The van der Waals surface area contributed by atoms with Crippen molar-refractivity contribution in [1.82, 2.24) is 4.98 Å². The number of benzene rings is 5. The lowest BCUT2D eigenvalue weighted by Crippen LogP contribution is -2.42. The van der Waals surface area contributed by atoms with Crippen molar-refractivity contribution < 1.29 is 0 Å². The van der Waals surface area contributed by atoms with E-state index in [1.165, 1.54) is 0 Å². The zero-order chi connectivity index (χ0) is 41.0. The molecule has 6 aromatic rings. The van der Waals surface area contributed by atoms with Gasteiger partial charge in [0, 0.05) is 28.8 Å². The van der Waals surface area contributed by atoms with Crippen molar-refractivity contribution in [3.8, 4) is 21.7 Å². The first-order chi connectivity index (χ1) is 28.4. The highest BCUT2D eigenvalue weighted by molar-refractivity contribution is 7.21. The van der Waals surface area contributed by atoms with Crippen molar-refractivity contribution in [3.63, 3.8) is 0 Å². The number of thiazole rings is 1. The van der Waals surface area contributed by atoms with E-state index in [4.69, 9.17) is 25.0 Å². The molecule has 0 fully saturated rings. The van der Waals surface area contributed by atoms with Crippen molar-refractivity contribution >= 4 is 66.4 Å². The molecular formula is C50H44N8S. The maximum Gasteiger partial charge on any atom is 0.146 e. The molecular weight excluding hydrogens is 745 g/mol. The fourth-order valence-electron chi connectivity index (χ4n) is 7.80. The molecule has 5 aromatic carbocycles. The van der Waals surface area contributed by atoms with Crippen LogP contribution in [0.5, 0.6) is 0 Å². The lowest BCUT2D eigenvalue weighted by molar-refractivity contribution is 0.549. The van der Waals surface area contributed by atoms with E-state index in [-0.39, 0.29) is 17.8 Å². The molecule has 0 saturated carbocycles. The summed E-state index contributed by atoms with van der Waals surface area (Å²) in [5.41, 5.74) is 8.79. The highest BCUT2D eigenvalue weighted by Gasteiger charge is 2.34. The van der Waals surface area contributed by atoms with Crippen molar-refractivity contribution in [2.75, 3.05) is 4.90 Å². The monoisotopic (exact) mass is 788 g/mol. The van der Waals surface area contributed by atoms with E-state index < -0.39 is 5.66 Å². The number of aromatic nitrogens is 1. The van der Waals surface area contributed by atoms with Crippen LogP contribution in [0.15, 0.2) is 165 Å². The molecule has 1 aliphatic heterocycles. The molecule has 290 valence electrons. The minimum absolute atomic E-state index is 0.00504. The Bertz CT molecular complexity index is 3030. The van der Waals surface area contributed by atoms with Crippen LogP contribution in [0.2, 0.25) is 0 Å². The smallest absolute Gasteiger partial charge is 0.146 e. The van der Waals surface area contributed by atoms with Gasteiger partial charge in [0.1, 0.15) is 27.5 Å². The number of para-hydroxylation sites is 1. The Balaban J connectivity index is 1.22. The first-order valence-corrected chi connectivity index (χ1v) is 20.8. The normalized spacial score (nSPS) is 17.4. The zero-order valence-corrected chi connectivity index (χ0v) is 34.8. The third kappa shape index (κ3) is 7.12. The maximum absolute atomic E-state index is 9.78. The lowest BCUT2D eigenvalue weighted by atomic mass is 9.89. The molecule has 3 aliphatic rings. The van der Waals surface area contributed by atoms with Gasteiger partial charge in [-0.25, -0.2) is 4.98 Å². The van der Waals surface area contributed by atoms with Gasteiger partial charge >= 0.3 is 0 Å². The molecule has 0 unspecified atom stereocenters. The number of nitrogens with one attached hydrogen (secondary N) is 2. The highest BCUT2D eigenvalue weighted by Crippen LogP contribution is 2.35. The first-order valence-electron chi connectivity index (χ1n) is 20.0. The van der Waals surface area contributed by atoms with Gasteiger partial charge in [0.25, 0.3) is 0 Å². The number of allylic oxidation sites excluding steroid dienone is 8. The molecule has 8 nitrogen and oxygen atoms in total. The quantitative estimate of drug-likeness (QED) is 0.150. The Kier molecular flexibility index (Phi) is 9.56. The third-order valence-corrected chi connectivity index (χ3v) is 11.5. The molecule has 0 atom stereocenters. The molecule has 2 heterocycles. The van der Waals surface area contributed by atoms with Gasteiger partial charge in [0.2, 0.25) is 0 Å². The fraction of sp³-hybridized carbons (Fsp3) is 0.180. The van der Waals surface area contributed by atoms with Crippen molar-refractivity contribution in [1.29, 1.82) is 10.8 Å². The number of fused-ring (bicyclic) bond motifs is 3. The number of rotatable bonds is 8. The van der Waals surface area contributed by atoms with Crippen LogP contribution in [-0.2, 0) is 0 Å². The second-order valence-electron chi connectivity index (χ2n) is 16.0. The summed E-state index contributed by atoms with van der Waals surface area (Å²) in [5.74, 6) is 0. The van der Waals surface area contributed by atoms with Crippen LogP contribution in [0.25, 0.3) is 48.3 Å². The molecule has 2 aliphatic carbocycles. The maximum atomic E-state index is 9.78. The Morgan fingerprint density at radius 1 is 0.661 bits per heavy atom. The predicted molar refractivity (Wildman–Crippen MR) is 247 cm³/mol. The zero-order valence-electron chi connectivity index (χ0n) is 33.9. The average molecular weight is 789 g/mol. The van der Waals surface area contributed by atoms with Crippen LogP contribution in [0.1, 0.15) is 47.1 Å². The number of aliphatic imine (C=N–C) groups is 2. The van der Waals surface area contributed by atoms with E-state index in [1.807, 2.05) is 107 Å². The van der Waals surface area contributed by atoms with Crippen LogP contribution in [-0.4, -0.2) is 45.6 Å². The van der Waals surface area contributed by atoms with Gasteiger partial charge in [-0.2, -0.15) is 0 Å². The summed E-state index contributed by atoms with van der Waals surface area (Å²) >= 11 is 1.69. The summed E-state index contributed by atoms with van der Waals surface area (Å²) in [6.07, 6.45) is 9.82. The average Bonchev–Trinajstić information content (AvgIpc) is 3.80. The molecule has 9 rings (SSSR count). The van der Waals surface area contributed by atoms with Gasteiger partial charge < -0.3 is 4.90 Å². The fourth-order valence-corrected chi connectivity index (χ4v) is 8.77. The van der Waals surface area contributed by atoms with Gasteiger partial charge in [0.15, 0.2) is 0 Å². The number of anilines is 1. The molecule has 0 bridgehead atoms. The Hall–Kier alpha value is -6.71. The van der Waals surface area contributed by atoms with E-state index in [1.54, 1.807) is 11.3 Å². The van der Waals surface area contributed by atoms with E-state index in [9.17, 15) is 10.8 Å². The lowest BCUT2D eigenvalue weighted by Gasteiger charge is -2.34. The van der Waals surface area contributed by atoms with Crippen LogP contribution in [0, 0.1) is 10.8 Å². The second-order valence-corrected chi connectivity index (χ2v) is 17.0. The molecule has 0 saturated heterocycles. The molecule has 0 amide bonds. The van der Waals surface area contributed by atoms with Gasteiger partial charge in [0.05, 0.1) is 44.1 Å². The molecule has 0 spiro atoms. The van der Waals surface area contributed by atoms with Crippen molar-refractivity contribution in [2.45, 2.75) is 59.3 Å².